The van der Waals surface area contributed by atoms with Gasteiger partial charge in [0.1, 0.15) is 5.75 Å². The summed E-state index contributed by atoms with van der Waals surface area (Å²) in [6, 6.07) is 8.29. The minimum atomic E-state index is 0.345. The fraction of sp³-hybridized carbons (Fsp3) is 0.708. The van der Waals surface area contributed by atoms with Crippen LogP contribution in [0.15, 0.2) is 29.3 Å². The van der Waals surface area contributed by atoms with E-state index < -0.39 is 0 Å². The van der Waals surface area contributed by atoms with Crippen molar-refractivity contribution >= 4 is 5.96 Å². The molecule has 1 saturated carbocycles. The van der Waals surface area contributed by atoms with Gasteiger partial charge in [-0.15, -0.1) is 0 Å². The quantitative estimate of drug-likeness (QED) is 0.291. The normalized spacial score (nSPS) is 16.1. The second-order valence-corrected chi connectivity index (χ2v) is 8.65. The van der Waals surface area contributed by atoms with Crippen LogP contribution in [0.1, 0.15) is 51.0 Å². The molecule has 0 aliphatic heterocycles. The zero-order valence-electron chi connectivity index (χ0n) is 19.5. The summed E-state index contributed by atoms with van der Waals surface area (Å²) in [6.45, 7) is 7.20. The molecule has 6 heteroatoms. The van der Waals surface area contributed by atoms with Gasteiger partial charge in [0.05, 0.1) is 13.2 Å². The molecule has 170 valence electrons. The Kier molecular flexibility index (Phi) is 11.0. The van der Waals surface area contributed by atoms with Gasteiger partial charge in [0.2, 0.25) is 0 Å². The Bertz CT molecular complexity index is 610. The highest BCUT2D eigenvalue weighted by Crippen LogP contribution is 2.40. The first-order valence-electron chi connectivity index (χ1n) is 11.4. The highest BCUT2D eigenvalue weighted by atomic mass is 16.5. The van der Waals surface area contributed by atoms with Gasteiger partial charge in [-0.3, -0.25) is 0 Å². The molecule has 6 nitrogen and oxygen atoms in total. The van der Waals surface area contributed by atoms with Crippen molar-refractivity contribution in [3.05, 3.63) is 29.8 Å². The molecule has 0 unspecified atom stereocenters. The first-order valence-corrected chi connectivity index (χ1v) is 11.4. The molecular formula is C24H42N4O2. The lowest BCUT2D eigenvalue weighted by Gasteiger charge is -2.30. The van der Waals surface area contributed by atoms with Gasteiger partial charge in [-0.1, -0.05) is 25.0 Å². The third-order valence-electron chi connectivity index (χ3n) is 5.84. The van der Waals surface area contributed by atoms with Crippen molar-refractivity contribution in [2.45, 2.75) is 52.0 Å². The number of methoxy groups -OCH3 is 1. The summed E-state index contributed by atoms with van der Waals surface area (Å²) in [5.74, 6) is 1.82. The van der Waals surface area contributed by atoms with Crippen LogP contribution in [0.3, 0.4) is 0 Å². The SMILES string of the molecule is CCNC(=NCc1ccc(OCCCN(C)C)cc1)NCC1(CCOC)CCCC1. The van der Waals surface area contributed by atoms with Crippen LogP contribution in [0.2, 0.25) is 0 Å². The fourth-order valence-electron chi connectivity index (χ4n) is 4.00. The van der Waals surface area contributed by atoms with Crippen molar-refractivity contribution in [2.75, 3.05) is 54.1 Å². The van der Waals surface area contributed by atoms with Crippen LogP contribution in [-0.4, -0.2) is 64.9 Å². The summed E-state index contributed by atoms with van der Waals surface area (Å²) in [4.78, 5) is 6.97. The van der Waals surface area contributed by atoms with Crippen LogP contribution in [0.5, 0.6) is 5.75 Å². The van der Waals surface area contributed by atoms with E-state index in [2.05, 4.69) is 48.7 Å². The lowest BCUT2D eigenvalue weighted by atomic mass is 9.83. The number of ether oxygens (including phenoxy) is 2. The maximum Gasteiger partial charge on any atom is 0.191 e. The van der Waals surface area contributed by atoms with Crippen LogP contribution in [0.25, 0.3) is 0 Å². The standard InChI is InChI=1S/C24H42N4O2/c1-5-25-23(27-20-24(15-18-29-4)13-6-7-14-24)26-19-21-9-11-22(12-10-21)30-17-8-16-28(2)3/h9-12H,5-8,13-20H2,1-4H3,(H2,25,26,27). The highest BCUT2D eigenvalue weighted by Gasteiger charge is 2.33. The molecule has 0 aromatic heterocycles. The molecule has 1 aliphatic rings. The molecular weight excluding hydrogens is 376 g/mol. The number of benzene rings is 1. The van der Waals surface area contributed by atoms with Crippen molar-refractivity contribution in [3.63, 3.8) is 0 Å². The third-order valence-corrected chi connectivity index (χ3v) is 5.84. The van der Waals surface area contributed by atoms with Crippen molar-refractivity contribution in [2.24, 2.45) is 10.4 Å². The average molecular weight is 419 g/mol. The van der Waals surface area contributed by atoms with E-state index in [0.29, 0.717) is 12.0 Å². The van der Waals surface area contributed by atoms with Gasteiger partial charge < -0.3 is 25.0 Å². The van der Waals surface area contributed by atoms with Gasteiger partial charge in [-0.25, -0.2) is 4.99 Å². The Morgan fingerprint density at radius 2 is 1.83 bits per heavy atom. The number of aliphatic imine (C=N–C) groups is 1. The lowest BCUT2D eigenvalue weighted by Crippen LogP contribution is -2.43. The number of hydrogen-bond acceptors (Lipinski definition) is 4. The summed E-state index contributed by atoms with van der Waals surface area (Å²) in [7, 11) is 5.96. The lowest BCUT2D eigenvalue weighted by molar-refractivity contribution is 0.138. The van der Waals surface area contributed by atoms with E-state index in [9.17, 15) is 0 Å². The van der Waals surface area contributed by atoms with Crippen molar-refractivity contribution in [1.82, 2.24) is 15.5 Å². The zero-order chi connectivity index (χ0) is 21.7. The maximum absolute atomic E-state index is 5.82. The molecule has 1 fully saturated rings. The second-order valence-electron chi connectivity index (χ2n) is 8.65. The Balaban J connectivity index is 1.84. The van der Waals surface area contributed by atoms with Crippen molar-refractivity contribution in [1.29, 1.82) is 0 Å². The second kappa shape index (κ2) is 13.5. The Morgan fingerprint density at radius 3 is 2.47 bits per heavy atom. The molecule has 2 rings (SSSR count). The van der Waals surface area contributed by atoms with Crippen LogP contribution in [0.4, 0.5) is 0 Å². The van der Waals surface area contributed by atoms with Gasteiger partial charge >= 0.3 is 0 Å². The number of rotatable bonds is 13. The van der Waals surface area contributed by atoms with E-state index in [1.165, 1.54) is 31.2 Å². The Hall–Kier alpha value is -1.79. The van der Waals surface area contributed by atoms with Crippen molar-refractivity contribution in [3.8, 4) is 5.75 Å². The number of hydrogen-bond donors (Lipinski definition) is 2. The van der Waals surface area contributed by atoms with E-state index in [1.807, 2.05) is 12.1 Å². The van der Waals surface area contributed by atoms with E-state index in [-0.39, 0.29) is 0 Å². The first kappa shape index (κ1) is 24.5. The fourth-order valence-corrected chi connectivity index (χ4v) is 4.00. The minimum Gasteiger partial charge on any atom is -0.494 e. The van der Waals surface area contributed by atoms with Crippen LogP contribution < -0.4 is 15.4 Å². The van der Waals surface area contributed by atoms with Gasteiger partial charge in [0.15, 0.2) is 5.96 Å². The number of guanidine groups is 1. The summed E-state index contributed by atoms with van der Waals surface area (Å²) in [5, 5.41) is 6.98. The Morgan fingerprint density at radius 1 is 1.10 bits per heavy atom. The average Bonchev–Trinajstić information content (AvgIpc) is 3.21. The molecule has 1 aromatic rings. The van der Waals surface area contributed by atoms with Crippen LogP contribution in [-0.2, 0) is 11.3 Å². The summed E-state index contributed by atoms with van der Waals surface area (Å²) < 4.78 is 11.2. The molecule has 2 N–H and O–H groups in total. The minimum absolute atomic E-state index is 0.345. The molecule has 0 radical (unpaired) electrons. The predicted octanol–water partition coefficient (Wildman–Crippen LogP) is 3.67. The van der Waals surface area contributed by atoms with Crippen LogP contribution in [0, 0.1) is 5.41 Å². The van der Waals surface area contributed by atoms with Gasteiger partial charge in [0.25, 0.3) is 0 Å². The van der Waals surface area contributed by atoms with E-state index in [4.69, 9.17) is 14.5 Å². The van der Waals surface area contributed by atoms with Gasteiger partial charge in [-0.2, -0.15) is 0 Å². The molecule has 0 bridgehead atoms. The van der Waals surface area contributed by atoms with Crippen molar-refractivity contribution < 1.29 is 9.47 Å². The third kappa shape index (κ3) is 8.92. The van der Waals surface area contributed by atoms with E-state index in [1.54, 1.807) is 7.11 Å². The van der Waals surface area contributed by atoms with Gasteiger partial charge in [-0.05, 0) is 69.8 Å². The topological polar surface area (TPSA) is 58.1 Å². The first-order chi connectivity index (χ1) is 14.6. The summed E-state index contributed by atoms with van der Waals surface area (Å²) in [5.41, 5.74) is 1.53. The molecule has 30 heavy (non-hydrogen) atoms. The smallest absolute Gasteiger partial charge is 0.191 e. The van der Waals surface area contributed by atoms with Gasteiger partial charge in [0, 0.05) is 33.4 Å². The maximum atomic E-state index is 5.82. The molecule has 1 aliphatic carbocycles. The molecule has 0 amide bonds. The predicted molar refractivity (Wildman–Crippen MR) is 125 cm³/mol. The Labute approximate surface area is 183 Å². The molecule has 1 aromatic carbocycles. The van der Waals surface area contributed by atoms with E-state index >= 15 is 0 Å². The molecule has 0 atom stereocenters. The number of nitrogens with zero attached hydrogens (tertiary/aromatic N) is 2. The van der Waals surface area contributed by atoms with Crippen LogP contribution >= 0.6 is 0 Å². The summed E-state index contributed by atoms with van der Waals surface area (Å²) in [6.07, 6.45) is 7.34. The molecule has 0 heterocycles. The highest BCUT2D eigenvalue weighted by molar-refractivity contribution is 5.79. The molecule has 0 spiro atoms. The van der Waals surface area contributed by atoms with E-state index in [0.717, 1.165) is 57.4 Å². The largest absolute Gasteiger partial charge is 0.494 e. The zero-order valence-corrected chi connectivity index (χ0v) is 19.5. The monoisotopic (exact) mass is 418 g/mol. The number of nitrogens with one attached hydrogen (secondary N) is 2. The summed E-state index contributed by atoms with van der Waals surface area (Å²) >= 11 is 0. The molecule has 0 saturated heterocycles.